The van der Waals surface area contributed by atoms with Gasteiger partial charge in [-0.15, -0.1) is 0 Å². The van der Waals surface area contributed by atoms with Gasteiger partial charge in [0.2, 0.25) is 5.78 Å². The second kappa shape index (κ2) is 8.26. The summed E-state index contributed by atoms with van der Waals surface area (Å²) in [6.07, 6.45) is -1.09. The molecule has 1 heterocycles. The zero-order valence-electron chi connectivity index (χ0n) is 15.6. The van der Waals surface area contributed by atoms with E-state index in [1.54, 1.807) is 19.9 Å². The number of ketones is 1. The molecule has 0 spiro atoms. The Hall–Kier alpha value is -2.80. The van der Waals surface area contributed by atoms with Crippen LogP contribution in [0.25, 0.3) is 0 Å². The molecule has 2 aromatic rings. The number of benzene rings is 1. The lowest BCUT2D eigenvalue weighted by molar-refractivity contribution is 0.0314. The number of carbonyl (C=O) groups excluding carboxylic acids is 3. The summed E-state index contributed by atoms with van der Waals surface area (Å²) in [6.45, 7) is 4.73. The Morgan fingerprint density at radius 3 is 2.37 bits per heavy atom. The van der Waals surface area contributed by atoms with Crippen LogP contribution in [0.2, 0.25) is 5.02 Å². The standard InChI is InChI=1S/C19H20ClNO6/c1-9-15(19(24)26-5)10(2)21-16(9)17(22)11(3)27-18(23)13-8-12(20)6-7-14(13)25-4/h6-8,11,21H,1-5H3/t11-/m1/s1. The monoisotopic (exact) mass is 393 g/mol. The summed E-state index contributed by atoms with van der Waals surface area (Å²) >= 11 is 5.92. The number of hydrogen-bond acceptors (Lipinski definition) is 6. The molecule has 0 aliphatic rings. The number of carbonyl (C=O) groups is 3. The fourth-order valence-corrected chi connectivity index (χ4v) is 2.90. The predicted octanol–water partition coefficient (Wildman–Crippen LogP) is 3.51. The molecule has 1 aromatic carbocycles. The Kier molecular flexibility index (Phi) is 6.28. The van der Waals surface area contributed by atoms with Gasteiger partial charge in [0.15, 0.2) is 6.10 Å². The molecular weight excluding hydrogens is 374 g/mol. The van der Waals surface area contributed by atoms with Gasteiger partial charge in [0.05, 0.1) is 25.5 Å². The number of esters is 2. The van der Waals surface area contributed by atoms with Gasteiger partial charge < -0.3 is 19.2 Å². The molecule has 0 aliphatic heterocycles. The van der Waals surface area contributed by atoms with Crippen LogP contribution in [0.15, 0.2) is 18.2 Å². The van der Waals surface area contributed by atoms with E-state index in [4.69, 9.17) is 25.8 Å². The van der Waals surface area contributed by atoms with Crippen molar-refractivity contribution in [2.24, 2.45) is 0 Å². The molecule has 0 bridgehead atoms. The predicted molar refractivity (Wildman–Crippen MR) is 98.8 cm³/mol. The Bertz CT molecular complexity index is 902. The summed E-state index contributed by atoms with van der Waals surface area (Å²) in [5, 5.41) is 0.334. The third-order valence-electron chi connectivity index (χ3n) is 4.11. The number of H-pyrrole nitrogens is 1. The van der Waals surface area contributed by atoms with Gasteiger partial charge in [0.1, 0.15) is 11.3 Å². The van der Waals surface area contributed by atoms with Crippen LogP contribution in [0.3, 0.4) is 0 Å². The van der Waals surface area contributed by atoms with E-state index >= 15 is 0 Å². The highest BCUT2D eigenvalue weighted by molar-refractivity contribution is 6.31. The second-order valence-electron chi connectivity index (χ2n) is 5.87. The highest BCUT2D eigenvalue weighted by Gasteiger charge is 2.28. The third-order valence-corrected chi connectivity index (χ3v) is 4.34. The van der Waals surface area contributed by atoms with Crippen molar-refractivity contribution in [3.63, 3.8) is 0 Å². The van der Waals surface area contributed by atoms with E-state index in [9.17, 15) is 14.4 Å². The normalized spacial score (nSPS) is 11.6. The van der Waals surface area contributed by atoms with Crippen LogP contribution >= 0.6 is 11.6 Å². The maximum absolute atomic E-state index is 12.7. The number of hydrogen-bond donors (Lipinski definition) is 1. The fourth-order valence-electron chi connectivity index (χ4n) is 2.73. The van der Waals surface area contributed by atoms with Crippen LogP contribution in [0.1, 0.15) is 49.4 Å². The number of aromatic nitrogens is 1. The van der Waals surface area contributed by atoms with E-state index in [1.165, 1.54) is 33.3 Å². The lowest BCUT2D eigenvalue weighted by atomic mass is 10.1. The zero-order valence-corrected chi connectivity index (χ0v) is 16.4. The van der Waals surface area contributed by atoms with Crippen LogP contribution in [-0.2, 0) is 9.47 Å². The molecule has 0 aliphatic carbocycles. The lowest BCUT2D eigenvalue weighted by Gasteiger charge is -2.14. The van der Waals surface area contributed by atoms with E-state index in [-0.39, 0.29) is 22.6 Å². The van der Waals surface area contributed by atoms with Crippen LogP contribution < -0.4 is 4.74 Å². The average Bonchev–Trinajstić information content (AvgIpc) is 2.94. The van der Waals surface area contributed by atoms with Crippen molar-refractivity contribution < 1.29 is 28.6 Å². The first-order valence-corrected chi connectivity index (χ1v) is 8.45. The molecule has 27 heavy (non-hydrogen) atoms. The van der Waals surface area contributed by atoms with E-state index in [1.807, 2.05) is 0 Å². The summed E-state index contributed by atoms with van der Waals surface area (Å²) in [5.41, 5.74) is 1.52. The molecule has 0 unspecified atom stereocenters. The highest BCUT2D eigenvalue weighted by atomic mass is 35.5. The molecule has 1 N–H and O–H groups in total. The summed E-state index contributed by atoms with van der Waals surface area (Å²) in [6, 6.07) is 4.51. The third kappa shape index (κ3) is 4.14. The molecule has 0 saturated heterocycles. The van der Waals surface area contributed by atoms with E-state index in [0.717, 1.165) is 0 Å². The first kappa shape index (κ1) is 20.5. The van der Waals surface area contributed by atoms with Crippen molar-refractivity contribution in [1.82, 2.24) is 4.98 Å². The number of rotatable bonds is 6. The maximum Gasteiger partial charge on any atom is 0.342 e. The number of nitrogens with one attached hydrogen (secondary N) is 1. The molecular formula is C19H20ClNO6. The molecule has 1 atom stereocenters. The number of aryl methyl sites for hydroxylation is 1. The van der Waals surface area contributed by atoms with Crippen molar-refractivity contribution in [3.8, 4) is 5.75 Å². The molecule has 0 amide bonds. The summed E-state index contributed by atoms with van der Waals surface area (Å²) in [5.74, 6) is -1.48. The number of Topliss-reactive ketones (excluding diaryl/α,β-unsaturated/α-hetero) is 1. The Labute approximate surface area is 161 Å². The topological polar surface area (TPSA) is 94.7 Å². The molecule has 0 fully saturated rings. The summed E-state index contributed by atoms with van der Waals surface area (Å²) in [4.78, 5) is 39.9. The molecule has 0 saturated carbocycles. The van der Waals surface area contributed by atoms with Crippen LogP contribution in [0.5, 0.6) is 5.75 Å². The van der Waals surface area contributed by atoms with Crippen molar-refractivity contribution >= 4 is 29.3 Å². The Balaban J connectivity index is 2.25. The van der Waals surface area contributed by atoms with Crippen LogP contribution in [0.4, 0.5) is 0 Å². The van der Waals surface area contributed by atoms with Gasteiger partial charge in [-0.25, -0.2) is 9.59 Å². The van der Waals surface area contributed by atoms with Gasteiger partial charge in [0, 0.05) is 10.7 Å². The summed E-state index contributed by atoms with van der Waals surface area (Å²) in [7, 11) is 2.67. The number of ether oxygens (including phenoxy) is 3. The minimum absolute atomic E-state index is 0.110. The van der Waals surface area contributed by atoms with Crippen molar-refractivity contribution in [1.29, 1.82) is 0 Å². The minimum Gasteiger partial charge on any atom is -0.496 e. The summed E-state index contributed by atoms with van der Waals surface area (Å²) < 4.78 is 15.1. The van der Waals surface area contributed by atoms with Gasteiger partial charge in [-0.2, -0.15) is 0 Å². The molecule has 1 aromatic heterocycles. The quantitative estimate of drug-likeness (QED) is 0.596. The largest absolute Gasteiger partial charge is 0.496 e. The Morgan fingerprint density at radius 1 is 1.11 bits per heavy atom. The number of aromatic amines is 1. The smallest absolute Gasteiger partial charge is 0.342 e. The van der Waals surface area contributed by atoms with E-state index in [2.05, 4.69) is 4.98 Å². The molecule has 8 heteroatoms. The first-order chi connectivity index (χ1) is 12.7. The van der Waals surface area contributed by atoms with Gasteiger partial charge in [-0.3, -0.25) is 4.79 Å². The Morgan fingerprint density at radius 2 is 1.78 bits per heavy atom. The minimum atomic E-state index is -1.09. The van der Waals surface area contributed by atoms with Crippen molar-refractivity contribution in [3.05, 3.63) is 51.3 Å². The van der Waals surface area contributed by atoms with Crippen LogP contribution in [-0.4, -0.2) is 43.0 Å². The van der Waals surface area contributed by atoms with Gasteiger partial charge in [0.25, 0.3) is 0 Å². The second-order valence-corrected chi connectivity index (χ2v) is 6.31. The maximum atomic E-state index is 12.7. The van der Waals surface area contributed by atoms with Gasteiger partial charge in [-0.05, 0) is 44.5 Å². The SMILES string of the molecule is COC(=O)c1c(C)[nH]c(C(=O)[C@@H](C)OC(=O)c2cc(Cl)ccc2OC)c1C. The van der Waals surface area contributed by atoms with Crippen LogP contribution in [0, 0.1) is 13.8 Å². The molecule has 0 radical (unpaired) electrons. The lowest BCUT2D eigenvalue weighted by Crippen LogP contribution is -2.25. The van der Waals surface area contributed by atoms with E-state index in [0.29, 0.717) is 16.3 Å². The fraction of sp³-hybridized carbons (Fsp3) is 0.316. The molecule has 144 valence electrons. The highest BCUT2D eigenvalue weighted by Crippen LogP contribution is 2.25. The van der Waals surface area contributed by atoms with Gasteiger partial charge >= 0.3 is 11.9 Å². The molecule has 7 nitrogen and oxygen atoms in total. The van der Waals surface area contributed by atoms with Crippen molar-refractivity contribution in [2.75, 3.05) is 14.2 Å². The molecule has 2 rings (SSSR count). The number of halogens is 1. The zero-order chi connectivity index (χ0) is 20.3. The first-order valence-electron chi connectivity index (χ1n) is 8.07. The van der Waals surface area contributed by atoms with Crippen molar-refractivity contribution in [2.45, 2.75) is 26.9 Å². The van der Waals surface area contributed by atoms with E-state index < -0.39 is 23.8 Å². The number of methoxy groups -OCH3 is 2. The average molecular weight is 394 g/mol. The van der Waals surface area contributed by atoms with Gasteiger partial charge in [-0.1, -0.05) is 11.6 Å².